The zero-order valence-electron chi connectivity index (χ0n) is 10.4. The highest BCUT2D eigenvalue weighted by atomic mass is 35.5. The molecule has 0 saturated heterocycles. The van der Waals surface area contributed by atoms with Crippen LogP contribution in [0.5, 0.6) is 0 Å². The average molecular weight is 356 g/mol. The standard InChI is InChI=1S/C13H10Cl4O3/c1-2-20-13(19)8(11(18)6-14)5-7-9(15)3-4-10(16)12(7)17/h3-5H,2,6H2,1H3/b8-5-. The lowest BCUT2D eigenvalue weighted by Gasteiger charge is -2.08. The molecule has 0 N–H and O–H groups in total. The smallest absolute Gasteiger partial charge is 0.341 e. The van der Waals surface area contributed by atoms with E-state index in [4.69, 9.17) is 51.1 Å². The second-order valence-electron chi connectivity index (χ2n) is 3.59. The van der Waals surface area contributed by atoms with Crippen LogP contribution >= 0.6 is 46.4 Å². The lowest BCUT2D eigenvalue weighted by molar-refractivity contribution is -0.139. The Labute approximate surface area is 136 Å². The summed E-state index contributed by atoms with van der Waals surface area (Å²) in [7, 11) is 0. The molecule has 20 heavy (non-hydrogen) atoms. The molecule has 0 aliphatic heterocycles. The van der Waals surface area contributed by atoms with Crippen molar-refractivity contribution in [2.75, 3.05) is 12.5 Å². The number of esters is 1. The van der Waals surface area contributed by atoms with Crippen molar-refractivity contribution >= 4 is 64.2 Å². The van der Waals surface area contributed by atoms with Gasteiger partial charge >= 0.3 is 5.97 Å². The molecule has 3 nitrogen and oxygen atoms in total. The summed E-state index contributed by atoms with van der Waals surface area (Å²) in [4.78, 5) is 23.5. The molecule has 0 bridgehead atoms. The minimum Gasteiger partial charge on any atom is -0.462 e. The van der Waals surface area contributed by atoms with Gasteiger partial charge in [0, 0.05) is 10.6 Å². The predicted octanol–water partition coefficient (Wildman–Crippen LogP) is 4.40. The first-order chi connectivity index (χ1) is 9.42. The van der Waals surface area contributed by atoms with E-state index in [-0.39, 0.29) is 38.7 Å². The molecule has 0 aliphatic carbocycles. The second-order valence-corrected chi connectivity index (χ2v) is 5.05. The molecule has 7 heteroatoms. The van der Waals surface area contributed by atoms with E-state index in [9.17, 15) is 9.59 Å². The first-order valence-electron chi connectivity index (χ1n) is 5.53. The first-order valence-corrected chi connectivity index (χ1v) is 7.20. The Bertz CT molecular complexity index is 567. The van der Waals surface area contributed by atoms with Gasteiger partial charge in [0.15, 0.2) is 5.78 Å². The zero-order valence-corrected chi connectivity index (χ0v) is 13.4. The Morgan fingerprint density at radius 2 is 1.80 bits per heavy atom. The van der Waals surface area contributed by atoms with Crippen LogP contribution in [-0.4, -0.2) is 24.2 Å². The van der Waals surface area contributed by atoms with E-state index in [0.717, 1.165) is 0 Å². The number of carbonyl (C=O) groups excluding carboxylic acids is 2. The number of Topliss-reactive ketones (excluding diaryl/α,β-unsaturated/α-hetero) is 1. The molecule has 0 radical (unpaired) electrons. The maximum Gasteiger partial charge on any atom is 0.341 e. The largest absolute Gasteiger partial charge is 0.462 e. The van der Waals surface area contributed by atoms with E-state index in [2.05, 4.69) is 0 Å². The summed E-state index contributed by atoms with van der Waals surface area (Å²) in [6.07, 6.45) is 1.24. The third-order valence-electron chi connectivity index (χ3n) is 2.29. The van der Waals surface area contributed by atoms with Gasteiger partial charge in [-0.1, -0.05) is 34.8 Å². The molecular weight excluding hydrogens is 346 g/mol. The SMILES string of the molecule is CCOC(=O)/C(=C\c1c(Cl)ccc(Cl)c1Cl)C(=O)CCl. The van der Waals surface area contributed by atoms with Gasteiger partial charge < -0.3 is 4.74 Å². The van der Waals surface area contributed by atoms with E-state index in [1.54, 1.807) is 6.92 Å². The maximum atomic E-state index is 11.8. The Balaban J connectivity index is 3.37. The van der Waals surface area contributed by atoms with Gasteiger partial charge in [-0.3, -0.25) is 4.79 Å². The number of benzene rings is 1. The molecule has 0 aliphatic rings. The normalized spacial score (nSPS) is 11.3. The number of alkyl halides is 1. The van der Waals surface area contributed by atoms with Gasteiger partial charge in [-0.25, -0.2) is 4.79 Å². The van der Waals surface area contributed by atoms with Crippen LogP contribution in [-0.2, 0) is 14.3 Å². The number of ether oxygens (including phenoxy) is 1. The van der Waals surface area contributed by atoms with Gasteiger partial charge in [-0.2, -0.15) is 0 Å². The maximum absolute atomic E-state index is 11.8. The third-order valence-corrected chi connectivity index (χ3v) is 3.68. The molecule has 0 fully saturated rings. The molecule has 1 rings (SSSR count). The van der Waals surface area contributed by atoms with E-state index >= 15 is 0 Å². The van der Waals surface area contributed by atoms with Gasteiger partial charge in [-0.15, -0.1) is 11.6 Å². The summed E-state index contributed by atoms with van der Waals surface area (Å²) < 4.78 is 4.80. The van der Waals surface area contributed by atoms with Crippen molar-refractivity contribution in [1.29, 1.82) is 0 Å². The molecule has 1 aromatic rings. The van der Waals surface area contributed by atoms with Crippen LogP contribution in [0.2, 0.25) is 15.1 Å². The van der Waals surface area contributed by atoms with E-state index in [1.807, 2.05) is 0 Å². The summed E-state index contributed by atoms with van der Waals surface area (Å²) in [5.41, 5.74) is 0.0373. The van der Waals surface area contributed by atoms with Gasteiger partial charge in [0.2, 0.25) is 0 Å². The van der Waals surface area contributed by atoms with Crippen molar-refractivity contribution in [3.05, 3.63) is 38.3 Å². The Morgan fingerprint density at radius 3 is 2.35 bits per heavy atom. The van der Waals surface area contributed by atoms with Gasteiger partial charge in [-0.05, 0) is 25.1 Å². The highest BCUT2D eigenvalue weighted by molar-refractivity contribution is 6.45. The molecule has 0 aromatic heterocycles. The lowest BCUT2D eigenvalue weighted by Crippen LogP contribution is -2.16. The minimum absolute atomic E-state index is 0.128. The molecule has 0 unspecified atom stereocenters. The highest BCUT2D eigenvalue weighted by Gasteiger charge is 2.20. The second kappa shape index (κ2) is 7.89. The zero-order chi connectivity index (χ0) is 15.3. The van der Waals surface area contributed by atoms with E-state index in [1.165, 1.54) is 18.2 Å². The fraction of sp³-hybridized carbons (Fsp3) is 0.231. The summed E-state index contributed by atoms with van der Waals surface area (Å²) in [6, 6.07) is 3.02. The molecular formula is C13H10Cl4O3. The third kappa shape index (κ3) is 4.13. The van der Waals surface area contributed by atoms with E-state index < -0.39 is 11.8 Å². The first kappa shape index (κ1) is 17.3. The van der Waals surface area contributed by atoms with Crippen LogP contribution in [0.25, 0.3) is 6.08 Å². The number of halogens is 4. The topological polar surface area (TPSA) is 43.4 Å². The number of hydrogen-bond acceptors (Lipinski definition) is 3. The van der Waals surface area contributed by atoms with Crippen LogP contribution in [0.4, 0.5) is 0 Å². The highest BCUT2D eigenvalue weighted by Crippen LogP contribution is 2.33. The molecule has 0 spiro atoms. The van der Waals surface area contributed by atoms with Gasteiger partial charge in [0.25, 0.3) is 0 Å². The minimum atomic E-state index is -0.787. The number of hydrogen-bond donors (Lipinski definition) is 0. The Morgan fingerprint density at radius 1 is 1.20 bits per heavy atom. The molecule has 0 saturated carbocycles. The monoisotopic (exact) mass is 354 g/mol. The summed E-state index contributed by atoms with van der Waals surface area (Å²) >= 11 is 23.4. The van der Waals surface area contributed by atoms with Crippen molar-refractivity contribution in [3.63, 3.8) is 0 Å². The van der Waals surface area contributed by atoms with Crippen LogP contribution in [0.3, 0.4) is 0 Å². The molecule has 1 aromatic carbocycles. The summed E-state index contributed by atoms with van der Waals surface area (Å²) in [5, 5.41) is 0.649. The summed E-state index contributed by atoms with van der Waals surface area (Å²) in [5.74, 6) is -1.73. The molecule has 108 valence electrons. The molecule has 0 atom stereocenters. The van der Waals surface area contributed by atoms with Crippen LogP contribution in [0, 0.1) is 0 Å². The summed E-state index contributed by atoms with van der Waals surface area (Å²) in [6.45, 7) is 1.75. The van der Waals surface area contributed by atoms with Crippen molar-refractivity contribution in [1.82, 2.24) is 0 Å². The number of rotatable bonds is 5. The quantitative estimate of drug-likeness (QED) is 0.196. The fourth-order valence-electron chi connectivity index (χ4n) is 1.35. The number of ketones is 1. The van der Waals surface area contributed by atoms with E-state index in [0.29, 0.717) is 0 Å². The number of carbonyl (C=O) groups is 2. The lowest BCUT2D eigenvalue weighted by atomic mass is 10.1. The van der Waals surface area contributed by atoms with Crippen molar-refractivity contribution in [2.24, 2.45) is 0 Å². The van der Waals surface area contributed by atoms with Gasteiger partial charge in [0.1, 0.15) is 5.57 Å². The Hall–Kier alpha value is -0.740. The van der Waals surface area contributed by atoms with Crippen LogP contribution in [0.1, 0.15) is 12.5 Å². The fourth-order valence-corrected chi connectivity index (χ4v) is 2.14. The predicted molar refractivity (Wildman–Crippen MR) is 81.8 cm³/mol. The average Bonchev–Trinajstić information content (AvgIpc) is 2.42. The van der Waals surface area contributed by atoms with Crippen LogP contribution < -0.4 is 0 Å². The Kier molecular flexibility index (Phi) is 6.83. The van der Waals surface area contributed by atoms with Crippen molar-refractivity contribution < 1.29 is 14.3 Å². The van der Waals surface area contributed by atoms with Gasteiger partial charge in [0.05, 0.1) is 22.5 Å². The van der Waals surface area contributed by atoms with Crippen LogP contribution in [0.15, 0.2) is 17.7 Å². The molecule has 0 heterocycles. The molecule has 0 amide bonds. The van der Waals surface area contributed by atoms with Crippen molar-refractivity contribution in [2.45, 2.75) is 6.92 Å². The van der Waals surface area contributed by atoms with Crippen molar-refractivity contribution in [3.8, 4) is 0 Å².